The lowest BCUT2D eigenvalue weighted by Crippen LogP contribution is -2.38. The maximum atomic E-state index is 6.17. The normalized spacial score (nSPS) is 14.7. The van der Waals surface area contributed by atoms with E-state index in [9.17, 15) is 0 Å². The highest BCUT2D eigenvalue weighted by Crippen LogP contribution is 2.31. The predicted molar refractivity (Wildman–Crippen MR) is 68.8 cm³/mol. The van der Waals surface area contributed by atoms with Gasteiger partial charge in [-0.05, 0) is 12.5 Å². The summed E-state index contributed by atoms with van der Waals surface area (Å²) in [4.78, 5) is 5.29. The predicted octanol–water partition coefficient (Wildman–Crippen LogP) is 1.97. The fourth-order valence-electron chi connectivity index (χ4n) is 1.94. The van der Waals surface area contributed by atoms with Crippen LogP contribution >= 0.6 is 0 Å². The molecule has 0 aliphatic carbocycles. The first-order chi connectivity index (χ1) is 8.15. The smallest absolute Gasteiger partial charge is 0.123 e. The molecular formula is C13H22N2O2. The number of likely N-dealkylation sites (N-methyl/N-ethyl adjacent to an activating group) is 1. The number of para-hydroxylation sites is 1. The summed E-state index contributed by atoms with van der Waals surface area (Å²) < 4.78 is 5.38. The first-order valence-electron chi connectivity index (χ1n) is 5.81. The van der Waals surface area contributed by atoms with Gasteiger partial charge < -0.3 is 15.3 Å². The Balaban J connectivity index is 3.12. The second-order valence-corrected chi connectivity index (χ2v) is 3.99. The van der Waals surface area contributed by atoms with Crippen molar-refractivity contribution in [2.45, 2.75) is 25.4 Å². The number of ether oxygens (including phenoxy) is 1. The first-order valence-corrected chi connectivity index (χ1v) is 5.81. The molecule has 0 saturated heterocycles. The van der Waals surface area contributed by atoms with Crippen molar-refractivity contribution in [2.75, 3.05) is 21.3 Å². The van der Waals surface area contributed by atoms with E-state index in [1.165, 1.54) is 0 Å². The van der Waals surface area contributed by atoms with E-state index in [1.807, 2.05) is 31.3 Å². The minimum atomic E-state index is -0.0128. The van der Waals surface area contributed by atoms with E-state index in [-0.39, 0.29) is 12.1 Å². The third-order valence-electron chi connectivity index (χ3n) is 3.01. The van der Waals surface area contributed by atoms with Gasteiger partial charge in [0.05, 0.1) is 20.3 Å². The van der Waals surface area contributed by atoms with Crippen LogP contribution in [-0.2, 0) is 4.84 Å². The molecule has 0 fully saturated rings. The number of methoxy groups -OCH3 is 1. The summed E-state index contributed by atoms with van der Waals surface area (Å²) in [5.41, 5.74) is 7.22. The minimum Gasteiger partial charge on any atom is -0.496 e. The highest BCUT2D eigenvalue weighted by molar-refractivity contribution is 5.36. The highest BCUT2D eigenvalue weighted by Gasteiger charge is 2.26. The second kappa shape index (κ2) is 6.59. The van der Waals surface area contributed by atoms with Crippen molar-refractivity contribution in [1.82, 2.24) is 5.06 Å². The lowest BCUT2D eigenvalue weighted by Gasteiger charge is -2.31. The zero-order valence-corrected chi connectivity index (χ0v) is 11.0. The summed E-state index contributed by atoms with van der Waals surface area (Å²) >= 11 is 0. The van der Waals surface area contributed by atoms with Gasteiger partial charge in [-0.25, -0.2) is 0 Å². The van der Waals surface area contributed by atoms with Gasteiger partial charge in [0.2, 0.25) is 0 Å². The van der Waals surface area contributed by atoms with Crippen LogP contribution in [0.4, 0.5) is 0 Å². The standard InChI is InChI=1S/C13H22N2O2/c1-5-11(14)13(15(2)17-4)10-8-6-7-9-12(10)16-3/h6-9,11,13H,5,14H2,1-4H3. The zero-order valence-electron chi connectivity index (χ0n) is 11.0. The van der Waals surface area contributed by atoms with Gasteiger partial charge >= 0.3 is 0 Å². The summed E-state index contributed by atoms with van der Waals surface area (Å²) in [6.07, 6.45) is 0.871. The molecule has 0 aromatic heterocycles. The van der Waals surface area contributed by atoms with Crippen molar-refractivity contribution >= 4 is 0 Å². The van der Waals surface area contributed by atoms with Crippen LogP contribution in [0.1, 0.15) is 24.9 Å². The summed E-state index contributed by atoms with van der Waals surface area (Å²) in [5.74, 6) is 0.838. The summed E-state index contributed by atoms with van der Waals surface area (Å²) in [7, 11) is 5.19. The molecule has 0 heterocycles. The third kappa shape index (κ3) is 3.19. The monoisotopic (exact) mass is 238 g/mol. The molecule has 2 unspecified atom stereocenters. The summed E-state index contributed by atoms with van der Waals surface area (Å²) in [5, 5.41) is 1.77. The SMILES string of the molecule is CCC(N)C(c1ccccc1OC)N(C)OC. The molecule has 1 rings (SSSR count). The minimum absolute atomic E-state index is 0.00347. The van der Waals surface area contributed by atoms with Crippen LogP contribution in [0.15, 0.2) is 24.3 Å². The number of nitrogens with zero attached hydrogens (tertiary/aromatic N) is 1. The van der Waals surface area contributed by atoms with Crippen molar-refractivity contribution < 1.29 is 9.57 Å². The van der Waals surface area contributed by atoms with E-state index in [1.54, 1.807) is 19.3 Å². The molecule has 0 saturated carbocycles. The van der Waals surface area contributed by atoms with E-state index < -0.39 is 0 Å². The lowest BCUT2D eigenvalue weighted by atomic mass is 9.97. The second-order valence-electron chi connectivity index (χ2n) is 3.99. The number of rotatable bonds is 6. The quantitative estimate of drug-likeness (QED) is 0.770. The number of hydrogen-bond acceptors (Lipinski definition) is 4. The Morgan fingerprint density at radius 3 is 2.47 bits per heavy atom. The third-order valence-corrected chi connectivity index (χ3v) is 3.01. The van der Waals surface area contributed by atoms with Gasteiger partial charge in [0.15, 0.2) is 0 Å². The molecule has 0 spiro atoms. The number of benzene rings is 1. The lowest BCUT2D eigenvalue weighted by molar-refractivity contribution is -0.148. The van der Waals surface area contributed by atoms with Crippen molar-refractivity contribution in [2.24, 2.45) is 5.73 Å². The zero-order chi connectivity index (χ0) is 12.8. The molecule has 0 aliphatic rings. The Hall–Kier alpha value is -1.10. The van der Waals surface area contributed by atoms with E-state index in [0.29, 0.717) is 0 Å². The Labute approximate surface area is 103 Å². The fourth-order valence-corrected chi connectivity index (χ4v) is 1.94. The molecule has 2 atom stereocenters. The molecule has 96 valence electrons. The van der Waals surface area contributed by atoms with E-state index in [0.717, 1.165) is 17.7 Å². The maximum Gasteiger partial charge on any atom is 0.123 e. The summed E-state index contributed by atoms with van der Waals surface area (Å²) in [6.45, 7) is 2.07. The number of hydrogen-bond donors (Lipinski definition) is 1. The molecule has 17 heavy (non-hydrogen) atoms. The van der Waals surface area contributed by atoms with Gasteiger partial charge in [-0.3, -0.25) is 0 Å². The van der Waals surface area contributed by atoms with Crippen LogP contribution in [0.5, 0.6) is 5.75 Å². The molecular weight excluding hydrogens is 216 g/mol. The molecule has 0 bridgehead atoms. The molecule has 0 aliphatic heterocycles. The van der Waals surface area contributed by atoms with Gasteiger partial charge in [-0.1, -0.05) is 25.1 Å². The van der Waals surface area contributed by atoms with Crippen LogP contribution in [-0.4, -0.2) is 32.4 Å². The van der Waals surface area contributed by atoms with Crippen LogP contribution in [0, 0.1) is 0 Å². The van der Waals surface area contributed by atoms with Crippen LogP contribution in [0.3, 0.4) is 0 Å². The van der Waals surface area contributed by atoms with Gasteiger partial charge in [0.1, 0.15) is 5.75 Å². The molecule has 0 amide bonds. The highest BCUT2D eigenvalue weighted by atomic mass is 16.7. The van der Waals surface area contributed by atoms with Gasteiger partial charge in [-0.2, -0.15) is 5.06 Å². The van der Waals surface area contributed by atoms with Gasteiger partial charge in [0.25, 0.3) is 0 Å². The average Bonchev–Trinajstić information content (AvgIpc) is 2.39. The van der Waals surface area contributed by atoms with E-state index in [2.05, 4.69) is 6.92 Å². The molecule has 1 aromatic carbocycles. The van der Waals surface area contributed by atoms with Crippen LogP contribution in [0.2, 0.25) is 0 Å². The molecule has 4 heteroatoms. The maximum absolute atomic E-state index is 6.17. The van der Waals surface area contributed by atoms with Crippen molar-refractivity contribution in [3.63, 3.8) is 0 Å². The average molecular weight is 238 g/mol. The number of hydroxylamine groups is 2. The van der Waals surface area contributed by atoms with Crippen LogP contribution < -0.4 is 10.5 Å². The fraction of sp³-hybridized carbons (Fsp3) is 0.538. The molecule has 1 aromatic rings. The van der Waals surface area contributed by atoms with Crippen molar-refractivity contribution in [3.8, 4) is 5.75 Å². The van der Waals surface area contributed by atoms with Crippen LogP contribution in [0.25, 0.3) is 0 Å². The van der Waals surface area contributed by atoms with Crippen molar-refractivity contribution in [1.29, 1.82) is 0 Å². The van der Waals surface area contributed by atoms with Gasteiger partial charge in [0, 0.05) is 18.7 Å². The Kier molecular flexibility index (Phi) is 5.41. The largest absolute Gasteiger partial charge is 0.496 e. The van der Waals surface area contributed by atoms with E-state index >= 15 is 0 Å². The number of nitrogens with two attached hydrogens (primary N) is 1. The Morgan fingerprint density at radius 2 is 1.94 bits per heavy atom. The molecule has 2 N–H and O–H groups in total. The van der Waals surface area contributed by atoms with E-state index in [4.69, 9.17) is 15.3 Å². The van der Waals surface area contributed by atoms with Gasteiger partial charge in [-0.15, -0.1) is 0 Å². The van der Waals surface area contributed by atoms with Crippen molar-refractivity contribution in [3.05, 3.63) is 29.8 Å². The topological polar surface area (TPSA) is 47.7 Å². The Morgan fingerprint density at radius 1 is 1.29 bits per heavy atom. The molecule has 4 nitrogen and oxygen atoms in total. The molecule has 0 radical (unpaired) electrons. The summed E-state index contributed by atoms with van der Waals surface area (Å²) in [6, 6.07) is 7.88. The first kappa shape index (κ1) is 14.0. The Bertz CT molecular complexity index is 334.